The molecule has 1 aromatic carbocycles. The van der Waals surface area contributed by atoms with Crippen LogP contribution in [0.4, 0.5) is 5.82 Å². The van der Waals surface area contributed by atoms with E-state index < -0.39 is 5.97 Å². The van der Waals surface area contributed by atoms with Crippen LogP contribution in [-0.4, -0.2) is 39.3 Å². The van der Waals surface area contributed by atoms with E-state index in [0.717, 1.165) is 24.9 Å². The van der Waals surface area contributed by atoms with E-state index in [1.165, 1.54) is 6.07 Å². The molecule has 1 N–H and O–H groups in total. The van der Waals surface area contributed by atoms with Crippen molar-refractivity contribution in [3.63, 3.8) is 0 Å². The van der Waals surface area contributed by atoms with E-state index in [1.54, 1.807) is 18.2 Å². The second-order valence-corrected chi connectivity index (χ2v) is 6.87. The molecule has 0 bridgehead atoms. The Labute approximate surface area is 160 Å². The van der Waals surface area contributed by atoms with Crippen LogP contribution in [0.3, 0.4) is 0 Å². The van der Waals surface area contributed by atoms with E-state index in [9.17, 15) is 4.79 Å². The number of benzene rings is 1. The highest BCUT2D eigenvalue weighted by molar-refractivity contribution is 6.30. The topological polar surface area (TPSA) is 92.3 Å². The number of piperidine rings is 1. The number of rotatable bonds is 4. The molecule has 1 unspecified atom stereocenters. The van der Waals surface area contributed by atoms with Crippen molar-refractivity contribution in [3.8, 4) is 11.4 Å². The predicted octanol–water partition coefficient (Wildman–Crippen LogP) is 3.87. The van der Waals surface area contributed by atoms with Gasteiger partial charge < -0.3 is 14.5 Å². The van der Waals surface area contributed by atoms with Crippen molar-refractivity contribution in [3.05, 3.63) is 59.1 Å². The monoisotopic (exact) mass is 384 g/mol. The number of anilines is 1. The first-order valence-corrected chi connectivity index (χ1v) is 9.03. The minimum absolute atomic E-state index is 0.0393. The maximum absolute atomic E-state index is 11.2. The lowest BCUT2D eigenvalue weighted by atomic mass is 9.98. The van der Waals surface area contributed by atoms with Gasteiger partial charge >= 0.3 is 5.97 Å². The molecule has 1 atom stereocenters. The largest absolute Gasteiger partial charge is 0.477 e. The second kappa shape index (κ2) is 7.36. The van der Waals surface area contributed by atoms with Gasteiger partial charge in [0.15, 0.2) is 5.69 Å². The molecule has 4 rings (SSSR count). The Balaban J connectivity index is 1.53. The molecular formula is C19H17ClN4O3. The van der Waals surface area contributed by atoms with Gasteiger partial charge in [-0.15, -0.1) is 0 Å². The molecule has 0 amide bonds. The second-order valence-electron chi connectivity index (χ2n) is 6.43. The zero-order valence-corrected chi connectivity index (χ0v) is 15.1. The molecule has 0 spiro atoms. The third kappa shape index (κ3) is 3.78. The fourth-order valence-electron chi connectivity index (χ4n) is 3.22. The van der Waals surface area contributed by atoms with Gasteiger partial charge in [-0.25, -0.2) is 9.78 Å². The number of nitrogens with zero attached hydrogens (tertiary/aromatic N) is 4. The number of carbonyl (C=O) groups is 1. The molecule has 8 heteroatoms. The molecule has 0 saturated carbocycles. The van der Waals surface area contributed by atoms with Crippen molar-refractivity contribution in [1.82, 2.24) is 15.1 Å². The number of hydrogen-bond donors (Lipinski definition) is 1. The summed E-state index contributed by atoms with van der Waals surface area (Å²) >= 11 is 5.92. The standard InChI is InChI=1S/C19H17ClN4O3/c20-14-8-6-12(7-9-14)17-22-18(27-23-17)13-3-2-10-24(11-13)16-5-1-4-15(21-16)19(25)26/h1,4-9,13H,2-3,10-11H2,(H,25,26). The van der Waals surface area contributed by atoms with Gasteiger partial charge in [0.2, 0.25) is 11.7 Å². The average molecular weight is 385 g/mol. The van der Waals surface area contributed by atoms with Gasteiger partial charge in [0.05, 0.1) is 5.92 Å². The first kappa shape index (κ1) is 17.5. The molecule has 1 fully saturated rings. The summed E-state index contributed by atoms with van der Waals surface area (Å²) in [6, 6.07) is 12.3. The molecule has 1 aliphatic rings. The van der Waals surface area contributed by atoms with Crippen LogP contribution in [0.2, 0.25) is 5.02 Å². The lowest BCUT2D eigenvalue weighted by Crippen LogP contribution is -2.35. The van der Waals surface area contributed by atoms with Crippen LogP contribution in [0.1, 0.15) is 35.1 Å². The SMILES string of the molecule is O=C(O)c1cccc(N2CCCC(c3nc(-c4ccc(Cl)cc4)no3)C2)n1. The van der Waals surface area contributed by atoms with E-state index in [0.29, 0.717) is 29.1 Å². The van der Waals surface area contributed by atoms with Gasteiger partial charge in [0.1, 0.15) is 5.82 Å². The van der Waals surface area contributed by atoms with Gasteiger partial charge in [-0.05, 0) is 49.2 Å². The summed E-state index contributed by atoms with van der Waals surface area (Å²) < 4.78 is 5.50. The van der Waals surface area contributed by atoms with Gasteiger partial charge in [-0.2, -0.15) is 4.98 Å². The molecule has 0 radical (unpaired) electrons. The van der Waals surface area contributed by atoms with Crippen molar-refractivity contribution in [2.75, 3.05) is 18.0 Å². The smallest absolute Gasteiger partial charge is 0.354 e. The Morgan fingerprint density at radius 2 is 2.00 bits per heavy atom. The van der Waals surface area contributed by atoms with Crippen LogP contribution in [0.15, 0.2) is 47.0 Å². The highest BCUT2D eigenvalue weighted by atomic mass is 35.5. The summed E-state index contributed by atoms with van der Waals surface area (Å²) in [5.74, 6) is 0.804. The first-order valence-electron chi connectivity index (χ1n) is 8.65. The normalized spacial score (nSPS) is 17.1. The summed E-state index contributed by atoms with van der Waals surface area (Å²) in [6.07, 6.45) is 1.86. The van der Waals surface area contributed by atoms with Crippen LogP contribution < -0.4 is 4.90 Å². The van der Waals surface area contributed by atoms with Gasteiger partial charge in [0, 0.05) is 23.7 Å². The van der Waals surface area contributed by atoms with Crippen LogP contribution in [0.25, 0.3) is 11.4 Å². The Bertz CT molecular complexity index is 958. The third-order valence-electron chi connectivity index (χ3n) is 4.59. The molecule has 1 aliphatic heterocycles. The molecule has 1 saturated heterocycles. The quantitative estimate of drug-likeness (QED) is 0.729. The van der Waals surface area contributed by atoms with Crippen molar-refractivity contribution < 1.29 is 14.4 Å². The summed E-state index contributed by atoms with van der Waals surface area (Å²) in [5.41, 5.74) is 0.885. The van der Waals surface area contributed by atoms with Crippen molar-refractivity contribution in [1.29, 1.82) is 0 Å². The van der Waals surface area contributed by atoms with Gasteiger partial charge in [-0.3, -0.25) is 0 Å². The molecule has 138 valence electrons. The van der Waals surface area contributed by atoms with E-state index in [2.05, 4.69) is 20.0 Å². The minimum atomic E-state index is -1.03. The lowest BCUT2D eigenvalue weighted by molar-refractivity contribution is 0.0690. The van der Waals surface area contributed by atoms with E-state index >= 15 is 0 Å². The molecular weight excluding hydrogens is 368 g/mol. The van der Waals surface area contributed by atoms with Gasteiger partial charge in [0.25, 0.3) is 0 Å². The summed E-state index contributed by atoms with van der Waals surface area (Å²) in [4.78, 5) is 22.0. The molecule has 3 heterocycles. The molecule has 3 aromatic rings. The summed E-state index contributed by atoms with van der Waals surface area (Å²) in [6.45, 7) is 1.46. The van der Waals surface area contributed by atoms with Crippen molar-refractivity contribution in [2.45, 2.75) is 18.8 Å². The number of halogens is 1. The minimum Gasteiger partial charge on any atom is -0.477 e. The van der Waals surface area contributed by atoms with Crippen LogP contribution in [0, 0.1) is 0 Å². The zero-order chi connectivity index (χ0) is 18.8. The molecule has 0 aliphatic carbocycles. The fourth-order valence-corrected chi connectivity index (χ4v) is 3.35. The molecule has 27 heavy (non-hydrogen) atoms. The zero-order valence-electron chi connectivity index (χ0n) is 14.4. The fraction of sp³-hybridized carbons (Fsp3) is 0.263. The number of aromatic nitrogens is 3. The van der Waals surface area contributed by atoms with Crippen LogP contribution in [0.5, 0.6) is 0 Å². The Kier molecular flexibility index (Phi) is 4.77. The van der Waals surface area contributed by atoms with E-state index in [-0.39, 0.29) is 11.6 Å². The maximum atomic E-state index is 11.2. The van der Waals surface area contributed by atoms with Crippen molar-refractivity contribution >= 4 is 23.4 Å². The van der Waals surface area contributed by atoms with Crippen LogP contribution >= 0.6 is 11.6 Å². The van der Waals surface area contributed by atoms with E-state index in [4.69, 9.17) is 21.2 Å². The average Bonchev–Trinajstić information content (AvgIpc) is 3.19. The Hall–Kier alpha value is -2.93. The Morgan fingerprint density at radius 1 is 1.19 bits per heavy atom. The molecule has 7 nitrogen and oxygen atoms in total. The van der Waals surface area contributed by atoms with E-state index in [1.807, 2.05) is 18.2 Å². The number of hydrogen-bond acceptors (Lipinski definition) is 6. The maximum Gasteiger partial charge on any atom is 0.354 e. The number of pyridine rings is 1. The predicted molar refractivity (Wildman–Crippen MR) is 100 cm³/mol. The lowest BCUT2D eigenvalue weighted by Gasteiger charge is -2.31. The van der Waals surface area contributed by atoms with Crippen LogP contribution in [-0.2, 0) is 0 Å². The number of carboxylic acid groups (broad SMARTS) is 1. The third-order valence-corrected chi connectivity index (χ3v) is 4.84. The summed E-state index contributed by atoms with van der Waals surface area (Å²) in [5, 5.41) is 13.9. The first-order chi connectivity index (χ1) is 13.1. The van der Waals surface area contributed by atoms with Gasteiger partial charge in [-0.1, -0.05) is 22.8 Å². The summed E-state index contributed by atoms with van der Waals surface area (Å²) in [7, 11) is 0. The van der Waals surface area contributed by atoms with Crippen molar-refractivity contribution in [2.24, 2.45) is 0 Å². The highest BCUT2D eigenvalue weighted by Gasteiger charge is 2.27. The number of aromatic carboxylic acids is 1. The number of carboxylic acids is 1. The Morgan fingerprint density at radius 3 is 2.78 bits per heavy atom. The molecule has 2 aromatic heterocycles. The highest BCUT2D eigenvalue weighted by Crippen LogP contribution is 2.30.